The smallest absolute Gasteiger partial charge is 0.345 e. The van der Waals surface area contributed by atoms with E-state index in [1.54, 1.807) is 0 Å². The summed E-state index contributed by atoms with van der Waals surface area (Å²) in [5.41, 5.74) is 0.970. The first kappa shape index (κ1) is 13.8. The Kier molecular flexibility index (Phi) is 3.96. The molecule has 1 aromatic heterocycles. The highest BCUT2D eigenvalue weighted by Crippen LogP contribution is 2.44. The van der Waals surface area contributed by atoms with E-state index in [2.05, 4.69) is 5.32 Å². The Morgan fingerprint density at radius 3 is 2.83 bits per heavy atom. The number of thiophene rings is 1. The van der Waals surface area contributed by atoms with Crippen molar-refractivity contribution in [2.24, 2.45) is 0 Å². The minimum Gasteiger partial charge on any atom is -0.477 e. The van der Waals surface area contributed by atoms with Crippen LogP contribution < -0.4 is 5.32 Å². The Bertz CT molecular complexity index is 454. The van der Waals surface area contributed by atoms with E-state index in [0.29, 0.717) is 11.5 Å². The largest absolute Gasteiger partial charge is 0.477 e. The molecule has 1 fully saturated rings. The molecule has 3 heterocycles. The summed E-state index contributed by atoms with van der Waals surface area (Å²) in [6.45, 7) is 2.60. The predicted molar refractivity (Wildman–Crippen MR) is 72.0 cm³/mol. The van der Waals surface area contributed by atoms with Crippen LogP contribution in [0.5, 0.6) is 0 Å². The molecule has 4 nitrogen and oxygen atoms in total. The first-order valence-electron chi connectivity index (χ1n) is 5.92. The highest BCUT2D eigenvalue weighted by atomic mass is 35.5. The molecule has 3 rings (SSSR count). The lowest BCUT2D eigenvalue weighted by Crippen LogP contribution is -2.43. The van der Waals surface area contributed by atoms with Gasteiger partial charge in [-0.15, -0.1) is 23.7 Å². The summed E-state index contributed by atoms with van der Waals surface area (Å²) in [7, 11) is 0. The van der Waals surface area contributed by atoms with Gasteiger partial charge in [0.05, 0.1) is 6.61 Å². The van der Waals surface area contributed by atoms with Crippen LogP contribution in [0.3, 0.4) is 0 Å². The number of carbonyl (C=O) groups is 1. The van der Waals surface area contributed by atoms with Gasteiger partial charge >= 0.3 is 5.97 Å². The number of hydrogen-bond acceptors (Lipinski definition) is 4. The molecule has 0 aromatic carbocycles. The van der Waals surface area contributed by atoms with Crippen molar-refractivity contribution in [1.29, 1.82) is 0 Å². The molecule has 6 heteroatoms. The predicted octanol–water partition coefficient (Wildman–Crippen LogP) is 2.02. The molecule has 2 aliphatic rings. The third-order valence-electron chi connectivity index (χ3n) is 3.59. The number of carboxylic acids is 1. The minimum atomic E-state index is -0.825. The second-order valence-electron chi connectivity index (χ2n) is 4.61. The third kappa shape index (κ3) is 2.16. The summed E-state index contributed by atoms with van der Waals surface area (Å²) < 4.78 is 6.00. The van der Waals surface area contributed by atoms with Crippen LogP contribution in [0.15, 0.2) is 6.07 Å². The quantitative estimate of drug-likeness (QED) is 0.830. The summed E-state index contributed by atoms with van der Waals surface area (Å²) in [5.74, 6) is -0.825. The van der Waals surface area contributed by atoms with Gasteiger partial charge in [-0.1, -0.05) is 0 Å². The van der Waals surface area contributed by atoms with Crippen molar-refractivity contribution >= 4 is 29.7 Å². The van der Waals surface area contributed by atoms with E-state index in [9.17, 15) is 4.79 Å². The topological polar surface area (TPSA) is 58.6 Å². The van der Waals surface area contributed by atoms with Gasteiger partial charge in [-0.2, -0.15) is 0 Å². The van der Waals surface area contributed by atoms with Gasteiger partial charge in [0.15, 0.2) is 0 Å². The lowest BCUT2D eigenvalue weighted by atomic mass is 9.86. The van der Waals surface area contributed by atoms with Gasteiger partial charge in [0, 0.05) is 4.88 Å². The fourth-order valence-corrected chi connectivity index (χ4v) is 3.98. The molecule has 1 saturated heterocycles. The van der Waals surface area contributed by atoms with Crippen molar-refractivity contribution < 1.29 is 14.6 Å². The second-order valence-corrected chi connectivity index (χ2v) is 5.67. The SMILES string of the molecule is Cl.O=C(O)c1cc2c(s1)C1(CCNCC1)OCC2. The average Bonchev–Trinajstić information content (AvgIpc) is 2.76. The summed E-state index contributed by atoms with van der Waals surface area (Å²) in [6.07, 6.45) is 2.73. The molecule has 2 aliphatic heterocycles. The molecule has 0 aliphatic carbocycles. The molecule has 0 radical (unpaired) electrons. The van der Waals surface area contributed by atoms with Crippen molar-refractivity contribution in [2.75, 3.05) is 19.7 Å². The molecular formula is C12H16ClNO3S. The van der Waals surface area contributed by atoms with Crippen molar-refractivity contribution in [3.05, 3.63) is 21.4 Å². The third-order valence-corrected chi connectivity index (χ3v) is 4.95. The Balaban J connectivity index is 0.00000120. The zero-order chi connectivity index (χ0) is 11.9. The minimum absolute atomic E-state index is 0. The number of carboxylic acid groups (broad SMARTS) is 1. The molecule has 0 atom stereocenters. The van der Waals surface area contributed by atoms with Crippen LogP contribution in [0.4, 0.5) is 0 Å². The standard InChI is InChI=1S/C12H15NO3S.ClH/c14-11(15)9-7-8-1-6-16-12(10(8)17-9)2-4-13-5-3-12;/h7,13H,1-6H2,(H,14,15);1H. The number of nitrogens with one attached hydrogen (secondary N) is 1. The molecule has 0 bridgehead atoms. The van der Waals surface area contributed by atoms with E-state index in [-0.39, 0.29) is 18.0 Å². The number of halogens is 1. The van der Waals surface area contributed by atoms with Crippen LogP contribution >= 0.6 is 23.7 Å². The van der Waals surface area contributed by atoms with Crippen LogP contribution in [-0.2, 0) is 16.8 Å². The summed E-state index contributed by atoms with van der Waals surface area (Å²) in [6, 6.07) is 1.83. The molecule has 0 unspecified atom stereocenters. The van der Waals surface area contributed by atoms with Gasteiger partial charge in [-0.05, 0) is 44.0 Å². The van der Waals surface area contributed by atoms with Gasteiger partial charge in [0.25, 0.3) is 0 Å². The van der Waals surface area contributed by atoms with E-state index >= 15 is 0 Å². The Hall–Kier alpha value is -0.620. The van der Waals surface area contributed by atoms with E-state index in [1.165, 1.54) is 16.9 Å². The summed E-state index contributed by atoms with van der Waals surface area (Å²) >= 11 is 1.40. The van der Waals surface area contributed by atoms with Crippen LogP contribution in [-0.4, -0.2) is 30.8 Å². The van der Waals surface area contributed by atoms with E-state index in [4.69, 9.17) is 9.84 Å². The zero-order valence-corrected chi connectivity index (χ0v) is 11.5. The Labute approximate surface area is 116 Å². The van der Waals surface area contributed by atoms with E-state index in [1.807, 2.05) is 6.07 Å². The molecule has 18 heavy (non-hydrogen) atoms. The van der Waals surface area contributed by atoms with Crippen molar-refractivity contribution in [1.82, 2.24) is 5.32 Å². The van der Waals surface area contributed by atoms with Crippen LogP contribution in [0, 0.1) is 0 Å². The second kappa shape index (κ2) is 5.17. The number of hydrogen-bond donors (Lipinski definition) is 2. The number of piperidine rings is 1. The number of fused-ring (bicyclic) bond motifs is 2. The average molecular weight is 290 g/mol. The molecular weight excluding hydrogens is 274 g/mol. The number of rotatable bonds is 1. The molecule has 0 saturated carbocycles. The molecule has 0 amide bonds. The number of aromatic carboxylic acids is 1. The molecule has 100 valence electrons. The summed E-state index contributed by atoms with van der Waals surface area (Å²) in [5, 5.41) is 12.4. The summed E-state index contributed by atoms with van der Waals surface area (Å²) in [4.78, 5) is 12.6. The van der Waals surface area contributed by atoms with Crippen molar-refractivity contribution in [3.8, 4) is 0 Å². The van der Waals surface area contributed by atoms with Gasteiger partial charge in [-0.25, -0.2) is 4.79 Å². The lowest BCUT2D eigenvalue weighted by molar-refractivity contribution is -0.0771. The number of ether oxygens (including phenoxy) is 1. The van der Waals surface area contributed by atoms with Gasteiger partial charge in [-0.3, -0.25) is 0 Å². The van der Waals surface area contributed by atoms with Crippen molar-refractivity contribution in [2.45, 2.75) is 24.9 Å². The maximum atomic E-state index is 11.0. The van der Waals surface area contributed by atoms with Crippen LogP contribution in [0.2, 0.25) is 0 Å². The Morgan fingerprint density at radius 2 is 2.17 bits per heavy atom. The Morgan fingerprint density at radius 1 is 1.44 bits per heavy atom. The first-order valence-corrected chi connectivity index (χ1v) is 6.74. The molecule has 1 spiro atoms. The normalized spacial score (nSPS) is 21.1. The highest BCUT2D eigenvalue weighted by Gasteiger charge is 2.41. The first-order chi connectivity index (χ1) is 8.21. The van der Waals surface area contributed by atoms with Gasteiger partial charge in [0.1, 0.15) is 10.5 Å². The van der Waals surface area contributed by atoms with Crippen molar-refractivity contribution in [3.63, 3.8) is 0 Å². The fraction of sp³-hybridized carbons (Fsp3) is 0.583. The monoisotopic (exact) mass is 289 g/mol. The van der Waals surface area contributed by atoms with E-state index in [0.717, 1.165) is 37.2 Å². The van der Waals surface area contributed by atoms with Crippen LogP contribution in [0.25, 0.3) is 0 Å². The molecule has 1 aromatic rings. The maximum Gasteiger partial charge on any atom is 0.345 e. The van der Waals surface area contributed by atoms with Crippen LogP contribution in [0.1, 0.15) is 33.0 Å². The maximum absolute atomic E-state index is 11.0. The lowest BCUT2D eigenvalue weighted by Gasteiger charge is -2.40. The fourth-order valence-electron chi connectivity index (χ4n) is 2.73. The molecule has 2 N–H and O–H groups in total. The highest BCUT2D eigenvalue weighted by molar-refractivity contribution is 7.14. The van der Waals surface area contributed by atoms with Gasteiger partial charge < -0.3 is 15.2 Å². The zero-order valence-electron chi connectivity index (χ0n) is 9.90. The van der Waals surface area contributed by atoms with Gasteiger partial charge in [0.2, 0.25) is 0 Å². The van der Waals surface area contributed by atoms with E-state index < -0.39 is 5.97 Å².